The summed E-state index contributed by atoms with van der Waals surface area (Å²) in [6.45, 7) is 5.50. The summed E-state index contributed by atoms with van der Waals surface area (Å²) in [6.07, 6.45) is 2.19. The third-order valence-corrected chi connectivity index (χ3v) is 5.42. The lowest BCUT2D eigenvalue weighted by Gasteiger charge is -2.39. The number of hydrogen-bond acceptors (Lipinski definition) is 4. The van der Waals surface area contributed by atoms with Gasteiger partial charge in [0.1, 0.15) is 0 Å². The van der Waals surface area contributed by atoms with E-state index in [1.807, 2.05) is 41.5 Å². The van der Waals surface area contributed by atoms with Crippen molar-refractivity contribution >= 4 is 17.2 Å². The molecule has 122 valence electrons. The van der Waals surface area contributed by atoms with Crippen LogP contribution in [0.15, 0.2) is 29.6 Å². The van der Waals surface area contributed by atoms with E-state index in [1.54, 1.807) is 11.3 Å². The van der Waals surface area contributed by atoms with Gasteiger partial charge in [0.2, 0.25) is 0 Å². The Morgan fingerprint density at radius 1 is 1.48 bits per heavy atom. The van der Waals surface area contributed by atoms with Crippen LogP contribution >= 0.6 is 11.3 Å². The van der Waals surface area contributed by atoms with E-state index < -0.39 is 0 Å². The number of thiazole rings is 1. The van der Waals surface area contributed by atoms with E-state index in [2.05, 4.69) is 11.9 Å². The van der Waals surface area contributed by atoms with E-state index in [4.69, 9.17) is 5.73 Å². The monoisotopic (exact) mass is 329 g/mol. The lowest BCUT2D eigenvalue weighted by atomic mass is 9.90. The number of piperidine rings is 1. The molecule has 1 aromatic heterocycles. The number of carbonyl (C=O) groups is 1. The van der Waals surface area contributed by atoms with Crippen LogP contribution in [0.25, 0.3) is 11.3 Å². The van der Waals surface area contributed by atoms with Gasteiger partial charge >= 0.3 is 0 Å². The molecule has 0 unspecified atom stereocenters. The number of hydrogen-bond donors (Lipinski definition) is 1. The number of nitrogens with zero attached hydrogens (tertiary/aromatic N) is 2. The molecule has 1 aliphatic heterocycles. The Morgan fingerprint density at radius 3 is 3.00 bits per heavy atom. The van der Waals surface area contributed by atoms with Gasteiger partial charge in [-0.15, -0.1) is 11.3 Å². The highest BCUT2D eigenvalue weighted by molar-refractivity contribution is 7.09. The van der Waals surface area contributed by atoms with E-state index in [0.29, 0.717) is 12.5 Å². The van der Waals surface area contributed by atoms with Crippen molar-refractivity contribution in [3.8, 4) is 11.3 Å². The van der Waals surface area contributed by atoms with Crippen LogP contribution in [-0.2, 0) is 0 Å². The molecule has 23 heavy (non-hydrogen) atoms. The third kappa shape index (κ3) is 3.31. The zero-order valence-electron chi connectivity index (χ0n) is 13.7. The Morgan fingerprint density at radius 2 is 2.30 bits per heavy atom. The second-order valence-electron chi connectivity index (χ2n) is 6.25. The number of rotatable bonds is 3. The molecule has 2 aromatic rings. The van der Waals surface area contributed by atoms with Crippen molar-refractivity contribution in [2.45, 2.75) is 32.7 Å². The molecule has 0 aliphatic carbocycles. The van der Waals surface area contributed by atoms with Gasteiger partial charge in [0.15, 0.2) is 0 Å². The van der Waals surface area contributed by atoms with Gasteiger partial charge in [-0.2, -0.15) is 0 Å². The van der Waals surface area contributed by atoms with Gasteiger partial charge in [-0.25, -0.2) is 4.98 Å². The van der Waals surface area contributed by atoms with Gasteiger partial charge in [-0.05, 0) is 37.8 Å². The molecule has 0 saturated carbocycles. The predicted molar refractivity (Wildman–Crippen MR) is 94.6 cm³/mol. The molecule has 1 aliphatic rings. The molecule has 4 nitrogen and oxygen atoms in total. The largest absolute Gasteiger partial charge is 0.334 e. The molecule has 3 rings (SSSR count). The number of benzene rings is 1. The van der Waals surface area contributed by atoms with Crippen molar-refractivity contribution in [2.75, 3.05) is 13.1 Å². The van der Waals surface area contributed by atoms with E-state index >= 15 is 0 Å². The Hall–Kier alpha value is -1.72. The number of aryl methyl sites for hydroxylation is 1. The molecule has 1 saturated heterocycles. The molecular weight excluding hydrogens is 306 g/mol. The Balaban J connectivity index is 1.87. The first-order valence-electron chi connectivity index (χ1n) is 8.13. The Kier molecular flexibility index (Phi) is 4.78. The summed E-state index contributed by atoms with van der Waals surface area (Å²) in [5.41, 5.74) is 8.57. The van der Waals surface area contributed by atoms with E-state index in [0.717, 1.165) is 41.2 Å². The number of nitrogens with two attached hydrogens (primary N) is 1. The van der Waals surface area contributed by atoms with Gasteiger partial charge in [-0.3, -0.25) is 4.79 Å². The van der Waals surface area contributed by atoms with Crippen LogP contribution in [0.4, 0.5) is 0 Å². The van der Waals surface area contributed by atoms with Gasteiger partial charge < -0.3 is 10.6 Å². The fourth-order valence-electron chi connectivity index (χ4n) is 3.33. The summed E-state index contributed by atoms with van der Waals surface area (Å²) >= 11 is 1.62. The average Bonchev–Trinajstić information content (AvgIpc) is 3.00. The summed E-state index contributed by atoms with van der Waals surface area (Å²) in [4.78, 5) is 19.4. The Bertz CT molecular complexity index is 697. The average molecular weight is 329 g/mol. The van der Waals surface area contributed by atoms with Crippen LogP contribution < -0.4 is 5.73 Å². The molecule has 1 amide bonds. The number of likely N-dealkylation sites (tertiary alicyclic amines) is 1. The first-order valence-corrected chi connectivity index (χ1v) is 9.01. The maximum atomic E-state index is 13.0. The molecule has 2 heterocycles. The molecule has 1 fully saturated rings. The lowest BCUT2D eigenvalue weighted by molar-refractivity contribution is 0.0532. The minimum absolute atomic E-state index is 0.0841. The zero-order chi connectivity index (χ0) is 16.4. The van der Waals surface area contributed by atoms with Gasteiger partial charge in [0.25, 0.3) is 5.91 Å². The standard InChI is InChI=1S/C18H23N3OS/c1-12-5-4-8-21(17(12)10-19)18(22)15-7-3-6-14(9-15)16-11-23-13(2)20-16/h3,6-7,9,11-12,17H,4-5,8,10,19H2,1-2H3/t12-,17-/m1/s1. The highest BCUT2D eigenvalue weighted by atomic mass is 32.1. The second-order valence-corrected chi connectivity index (χ2v) is 7.32. The first-order chi connectivity index (χ1) is 11.1. The summed E-state index contributed by atoms with van der Waals surface area (Å²) < 4.78 is 0. The zero-order valence-corrected chi connectivity index (χ0v) is 14.5. The second kappa shape index (κ2) is 6.81. The molecule has 0 spiro atoms. The van der Waals surface area contributed by atoms with Crippen LogP contribution in [-0.4, -0.2) is 34.9 Å². The van der Waals surface area contributed by atoms with Crippen molar-refractivity contribution in [1.82, 2.24) is 9.88 Å². The van der Waals surface area contributed by atoms with Crippen molar-refractivity contribution in [3.63, 3.8) is 0 Å². The minimum Gasteiger partial charge on any atom is -0.334 e. The van der Waals surface area contributed by atoms with E-state index in [1.165, 1.54) is 0 Å². The van der Waals surface area contributed by atoms with Crippen LogP contribution in [0.3, 0.4) is 0 Å². The summed E-state index contributed by atoms with van der Waals surface area (Å²) in [5.74, 6) is 0.544. The van der Waals surface area contributed by atoms with Crippen molar-refractivity contribution in [2.24, 2.45) is 11.7 Å². The molecule has 2 atom stereocenters. The Labute approximate surface area is 141 Å². The highest BCUT2D eigenvalue weighted by Gasteiger charge is 2.31. The normalized spacial score (nSPS) is 21.4. The number of carbonyl (C=O) groups excluding carboxylic acids is 1. The predicted octanol–water partition coefficient (Wildman–Crippen LogP) is 3.32. The smallest absolute Gasteiger partial charge is 0.254 e. The summed E-state index contributed by atoms with van der Waals surface area (Å²) in [5, 5.41) is 3.06. The molecule has 0 bridgehead atoms. The van der Waals surface area contributed by atoms with Crippen LogP contribution in [0.2, 0.25) is 0 Å². The van der Waals surface area contributed by atoms with Crippen LogP contribution in [0, 0.1) is 12.8 Å². The van der Waals surface area contributed by atoms with Crippen molar-refractivity contribution in [3.05, 3.63) is 40.2 Å². The maximum Gasteiger partial charge on any atom is 0.254 e. The quantitative estimate of drug-likeness (QED) is 0.940. The molecular formula is C18H23N3OS. The fraction of sp³-hybridized carbons (Fsp3) is 0.444. The minimum atomic E-state index is 0.0841. The highest BCUT2D eigenvalue weighted by Crippen LogP contribution is 2.26. The first kappa shape index (κ1) is 16.1. The topological polar surface area (TPSA) is 59.2 Å². The third-order valence-electron chi connectivity index (χ3n) is 4.64. The molecule has 1 aromatic carbocycles. The summed E-state index contributed by atoms with van der Waals surface area (Å²) in [6, 6.07) is 7.91. The van der Waals surface area contributed by atoms with Crippen molar-refractivity contribution in [1.29, 1.82) is 0 Å². The van der Waals surface area contributed by atoms with Crippen LogP contribution in [0.5, 0.6) is 0 Å². The fourth-order valence-corrected chi connectivity index (χ4v) is 3.96. The van der Waals surface area contributed by atoms with Gasteiger partial charge in [0.05, 0.1) is 10.7 Å². The van der Waals surface area contributed by atoms with Crippen molar-refractivity contribution < 1.29 is 4.79 Å². The molecule has 5 heteroatoms. The number of aromatic nitrogens is 1. The molecule has 0 radical (unpaired) electrons. The van der Waals surface area contributed by atoms with Crippen LogP contribution in [0.1, 0.15) is 35.1 Å². The molecule has 2 N–H and O–H groups in total. The summed E-state index contributed by atoms with van der Waals surface area (Å²) in [7, 11) is 0. The van der Waals surface area contributed by atoms with Gasteiger partial charge in [-0.1, -0.05) is 19.1 Å². The van der Waals surface area contributed by atoms with E-state index in [-0.39, 0.29) is 11.9 Å². The SMILES string of the molecule is Cc1nc(-c2cccc(C(=O)N3CCC[C@@H](C)[C@H]3CN)c2)cs1. The lowest BCUT2D eigenvalue weighted by Crippen LogP contribution is -2.51. The maximum absolute atomic E-state index is 13.0. The number of amides is 1. The van der Waals surface area contributed by atoms with Gasteiger partial charge in [0, 0.05) is 35.6 Å². The van der Waals surface area contributed by atoms with E-state index in [9.17, 15) is 4.79 Å².